The molecule has 0 radical (unpaired) electrons. The van der Waals surface area contributed by atoms with Crippen molar-refractivity contribution in [3.8, 4) is 0 Å². The van der Waals surface area contributed by atoms with Gasteiger partial charge in [0.05, 0.1) is 12.7 Å². The standard InChI is InChI=1S/C21H27FN4O/c1-25-13-16(12-23-25)14-26(19-9-10-19)21(27)24-20-4-2-3-17(20)11-15-5-7-18(22)8-6-15/h5-8,12-13,17,19-20H,2-4,9-11,14H2,1H3,(H,24,27)/t17-,20-/m0/s1. The minimum absolute atomic E-state index is 0.0392. The molecule has 0 spiro atoms. The average molecular weight is 370 g/mol. The molecule has 5 nitrogen and oxygen atoms in total. The predicted octanol–water partition coefficient (Wildman–Crippen LogP) is 3.64. The molecule has 2 saturated carbocycles. The van der Waals surface area contributed by atoms with Crippen LogP contribution in [0.15, 0.2) is 36.7 Å². The van der Waals surface area contributed by atoms with E-state index in [0.29, 0.717) is 18.5 Å². The normalized spacial score (nSPS) is 22.0. The molecule has 1 aromatic heterocycles. The van der Waals surface area contributed by atoms with E-state index in [9.17, 15) is 9.18 Å². The van der Waals surface area contributed by atoms with Gasteiger partial charge in [-0.2, -0.15) is 5.10 Å². The summed E-state index contributed by atoms with van der Waals surface area (Å²) in [7, 11) is 1.89. The summed E-state index contributed by atoms with van der Waals surface area (Å²) in [6.07, 6.45) is 10.1. The van der Waals surface area contributed by atoms with Gasteiger partial charge in [-0.1, -0.05) is 18.6 Å². The van der Waals surface area contributed by atoms with Crippen LogP contribution in [0.1, 0.15) is 43.2 Å². The lowest BCUT2D eigenvalue weighted by atomic mass is 9.94. The number of hydrogen-bond donors (Lipinski definition) is 1. The molecule has 4 rings (SSSR count). The zero-order chi connectivity index (χ0) is 18.8. The van der Waals surface area contributed by atoms with Crippen LogP contribution in [0.4, 0.5) is 9.18 Å². The van der Waals surface area contributed by atoms with Gasteiger partial charge in [0.25, 0.3) is 0 Å². The maximum Gasteiger partial charge on any atom is 0.318 e. The Morgan fingerprint density at radius 2 is 2.00 bits per heavy atom. The Hall–Kier alpha value is -2.37. The van der Waals surface area contributed by atoms with Crippen LogP contribution < -0.4 is 5.32 Å². The highest BCUT2D eigenvalue weighted by Crippen LogP contribution is 2.31. The molecule has 2 aromatic rings. The van der Waals surface area contributed by atoms with Crippen molar-refractivity contribution < 1.29 is 9.18 Å². The Kier molecular flexibility index (Phi) is 5.14. The van der Waals surface area contributed by atoms with Crippen LogP contribution in [-0.2, 0) is 20.0 Å². The van der Waals surface area contributed by atoms with Gasteiger partial charge in [0.15, 0.2) is 0 Å². The van der Waals surface area contributed by atoms with Crippen molar-refractivity contribution >= 4 is 6.03 Å². The van der Waals surface area contributed by atoms with Crippen LogP contribution >= 0.6 is 0 Å². The molecule has 6 heteroatoms. The minimum atomic E-state index is -0.203. The molecule has 0 saturated heterocycles. The van der Waals surface area contributed by atoms with Crippen molar-refractivity contribution in [2.75, 3.05) is 0 Å². The second-order valence-corrected chi connectivity index (χ2v) is 7.96. The van der Waals surface area contributed by atoms with Gasteiger partial charge in [0.2, 0.25) is 0 Å². The molecule has 1 N–H and O–H groups in total. The highest BCUT2D eigenvalue weighted by atomic mass is 19.1. The van der Waals surface area contributed by atoms with E-state index in [1.165, 1.54) is 12.1 Å². The molecule has 0 unspecified atom stereocenters. The third kappa shape index (κ3) is 4.49. The summed E-state index contributed by atoms with van der Waals surface area (Å²) in [5, 5.41) is 7.50. The first-order valence-corrected chi connectivity index (χ1v) is 9.87. The van der Waals surface area contributed by atoms with Crippen LogP contribution in [0.2, 0.25) is 0 Å². The quantitative estimate of drug-likeness (QED) is 0.844. The van der Waals surface area contributed by atoms with Crippen LogP contribution in [0.3, 0.4) is 0 Å². The van der Waals surface area contributed by atoms with E-state index in [4.69, 9.17) is 0 Å². The summed E-state index contributed by atoms with van der Waals surface area (Å²) < 4.78 is 14.9. The fourth-order valence-electron chi connectivity index (χ4n) is 4.14. The Labute approximate surface area is 159 Å². The largest absolute Gasteiger partial charge is 0.335 e. The molecule has 2 aliphatic rings. The molecule has 27 heavy (non-hydrogen) atoms. The Bertz CT molecular complexity index is 784. The van der Waals surface area contributed by atoms with E-state index >= 15 is 0 Å². The predicted molar refractivity (Wildman–Crippen MR) is 102 cm³/mol. The highest BCUT2D eigenvalue weighted by molar-refractivity contribution is 5.75. The number of hydrogen-bond acceptors (Lipinski definition) is 2. The minimum Gasteiger partial charge on any atom is -0.335 e. The summed E-state index contributed by atoms with van der Waals surface area (Å²) >= 11 is 0. The van der Waals surface area contributed by atoms with E-state index < -0.39 is 0 Å². The third-order valence-corrected chi connectivity index (χ3v) is 5.74. The lowest BCUT2D eigenvalue weighted by Crippen LogP contribution is -2.47. The fourth-order valence-corrected chi connectivity index (χ4v) is 4.14. The number of carbonyl (C=O) groups excluding carboxylic acids is 1. The van der Waals surface area contributed by atoms with Gasteiger partial charge in [-0.05, 0) is 55.7 Å². The molecule has 2 aliphatic carbocycles. The van der Waals surface area contributed by atoms with Crippen LogP contribution in [0, 0.1) is 11.7 Å². The van der Waals surface area contributed by atoms with Crippen molar-refractivity contribution in [3.63, 3.8) is 0 Å². The summed E-state index contributed by atoms with van der Waals surface area (Å²) in [5.74, 6) is 0.212. The number of aromatic nitrogens is 2. The van der Waals surface area contributed by atoms with E-state index in [2.05, 4.69) is 10.4 Å². The number of carbonyl (C=O) groups is 1. The van der Waals surface area contributed by atoms with E-state index in [-0.39, 0.29) is 17.9 Å². The summed E-state index contributed by atoms with van der Waals surface area (Å²) in [6, 6.07) is 7.31. The average Bonchev–Trinajstić information content (AvgIpc) is 3.27. The smallest absolute Gasteiger partial charge is 0.318 e. The summed E-state index contributed by atoms with van der Waals surface area (Å²) in [6.45, 7) is 0.611. The second kappa shape index (κ2) is 7.71. The van der Waals surface area contributed by atoms with E-state index in [1.807, 2.05) is 36.5 Å². The maximum atomic E-state index is 13.1. The zero-order valence-corrected chi connectivity index (χ0v) is 15.8. The van der Waals surface area contributed by atoms with Gasteiger partial charge in [-0.15, -0.1) is 0 Å². The molecule has 2 fully saturated rings. The first-order chi connectivity index (χ1) is 13.1. The van der Waals surface area contributed by atoms with Gasteiger partial charge in [0.1, 0.15) is 5.82 Å². The molecular weight excluding hydrogens is 343 g/mol. The number of benzene rings is 1. The first-order valence-electron chi connectivity index (χ1n) is 9.87. The van der Waals surface area contributed by atoms with Crippen molar-refractivity contribution in [2.45, 2.75) is 57.2 Å². The van der Waals surface area contributed by atoms with Gasteiger partial charge in [-0.25, -0.2) is 9.18 Å². The van der Waals surface area contributed by atoms with Gasteiger partial charge < -0.3 is 10.2 Å². The van der Waals surface area contributed by atoms with E-state index in [0.717, 1.165) is 49.7 Å². The van der Waals surface area contributed by atoms with E-state index in [1.54, 1.807) is 4.68 Å². The third-order valence-electron chi connectivity index (χ3n) is 5.74. The van der Waals surface area contributed by atoms with Gasteiger partial charge in [0, 0.05) is 30.9 Å². The number of aryl methyl sites for hydroxylation is 1. The summed E-state index contributed by atoms with van der Waals surface area (Å²) in [5.41, 5.74) is 2.20. The number of halogens is 1. The maximum absolute atomic E-state index is 13.1. The molecule has 1 aromatic carbocycles. The van der Waals surface area contributed by atoms with Gasteiger partial charge >= 0.3 is 6.03 Å². The van der Waals surface area contributed by atoms with Crippen molar-refractivity contribution in [3.05, 3.63) is 53.6 Å². The Morgan fingerprint density at radius 1 is 1.22 bits per heavy atom. The molecule has 2 atom stereocenters. The molecule has 0 aliphatic heterocycles. The summed E-state index contributed by atoms with van der Waals surface area (Å²) in [4.78, 5) is 14.9. The number of urea groups is 1. The molecule has 1 heterocycles. The highest BCUT2D eigenvalue weighted by Gasteiger charge is 2.35. The van der Waals surface area contributed by atoms with Crippen LogP contribution in [0.5, 0.6) is 0 Å². The Morgan fingerprint density at radius 3 is 2.67 bits per heavy atom. The second-order valence-electron chi connectivity index (χ2n) is 7.96. The van der Waals surface area contributed by atoms with Gasteiger partial charge in [-0.3, -0.25) is 4.68 Å². The molecule has 144 valence electrons. The fraction of sp³-hybridized carbons (Fsp3) is 0.524. The Balaban J connectivity index is 1.38. The first kappa shape index (κ1) is 18.0. The molecular formula is C21H27FN4O. The lowest BCUT2D eigenvalue weighted by molar-refractivity contribution is 0.184. The zero-order valence-electron chi connectivity index (χ0n) is 15.8. The lowest BCUT2D eigenvalue weighted by Gasteiger charge is -2.27. The topological polar surface area (TPSA) is 50.2 Å². The monoisotopic (exact) mass is 370 g/mol. The SMILES string of the molecule is Cn1cc(CN(C(=O)N[C@H]2CCC[C@H]2Cc2ccc(F)cc2)C2CC2)cn1. The number of amides is 2. The van der Waals surface area contributed by atoms with Crippen LogP contribution in [0.25, 0.3) is 0 Å². The number of nitrogens with one attached hydrogen (secondary N) is 1. The van der Waals surface area contributed by atoms with Crippen molar-refractivity contribution in [1.82, 2.24) is 20.0 Å². The van der Waals surface area contributed by atoms with Crippen LogP contribution in [-0.4, -0.2) is 32.8 Å². The van der Waals surface area contributed by atoms with Crippen molar-refractivity contribution in [2.24, 2.45) is 13.0 Å². The van der Waals surface area contributed by atoms with Crippen molar-refractivity contribution in [1.29, 1.82) is 0 Å². The number of nitrogens with zero attached hydrogens (tertiary/aromatic N) is 3. The number of rotatable bonds is 6. The molecule has 0 bridgehead atoms. The molecule has 2 amide bonds.